The van der Waals surface area contributed by atoms with E-state index in [-0.39, 0.29) is 17.8 Å². The number of alkyl halides is 3. The van der Waals surface area contributed by atoms with Crippen LogP contribution in [0.15, 0.2) is 64.3 Å². The molecule has 42 heavy (non-hydrogen) atoms. The van der Waals surface area contributed by atoms with Gasteiger partial charge in [0.2, 0.25) is 18.0 Å². The van der Waals surface area contributed by atoms with Gasteiger partial charge in [0.25, 0.3) is 5.91 Å². The van der Waals surface area contributed by atoms with E-state index in [1.54, 1.807) is 42.5 Å². The normalized spacial score (nSPS) is 18.1. The Labute approximate surface area is 238 Å². The summed E-state index contributed by atoms with van der Waals surface area (Å²) in [7, 11) is 0. The number of primary amides is 1. The average molecular weight is 584 g/mol. The van der Waals surface area contributed by atoms with E-state index in [9.17, 15) is 27.6 Å². The molecule has 0 radical (unpaired) electrons. The van der Waals surface area contributed by atoms with Gasteiger partial charge in [0.05, 0.1) is 35.5 Å². The molecule has 0 bridgehead atoms. The number of aryl methyl sites for hydroxylation is 1. The predicted molar refractivity (Wildman–Crippen MR) is 145 cm³/mol. The lowest BCUT2D eigenvalue weighted by atomic mass is 9.82. The topological polar surface area (TPSA) is 140 Å². The second-order valence-electron chi connectivity index (χ2n) is 10.1. The SMILES string of the molecule is Cc1nocc1C(C(N)=O)C(CCC(F)(F)F)C(=O)NC1N=C(c2ccccc2)c2cccc3c2N(CCCO3)C1=O. The smallest absolute Gasteiger partial charge is 0.389 e. The first kappa shape index (κ1) is 28.8. The first-order valence-electron chi connectivity index (χ1n) is 13.3. The van der Waals surface area contributed by atoms with Gasteiger partial charge in [-0.05, 0) is 25.8 Å². The maximum atomic E-state index is 14.0. The van der Waals surface area contributed by atoms with Crippen molar-refractivity contribution >= 4 is 29.1 Å². The largest absolute Gasteiger partial charge is 0.491 e. The minimum atomic E-state index is -4.62. The second kappa shape index (κ2) is 11.7. The number of benzene rings is 2. The number of hydrogen-bond donors (Lipinski definition) is 2. The molecule has 3 amide bonds. The van der Waals surface area contributed by atoms with Crippen LogP contribution in [0, 0.1) is 12.8 Å². The van der Waals surface area contributed by atoms with E-state index in [0.29, 0.717) is 41.3 Å². The maximum Gasteiger partial charge on any atom is 0.389 e. The average Bonchev–Trinajstić information content (AvgIpc) is 3.18. The van der Waals surface area contributed by atoms with Crippen LogP contribution in [0.4, 0.5) is 18.9 Å². The quantitative estimate of drug-likeness (QED) is 0.415. The molecule has 220 valence electrons. The van der Waals surface area contributed by atoms with E-state index < -0.39 is 54.7 Å². The molecule has 3 aromatic rings. The molecular formula is C29H28F3N5O5. The molecule has 5 rings (SSSR count). The number of nitrogens with two attached hydrogens (primary N) is 1. The molecule has 13 heteroatoms. The van der Waals surface area contributed by atoms with Gasteiger partial charge in [-0.15, -0.1) is 0 Å². The van der Waals surface area contributed by atoms with Crippen molar-refractivity contribution in [3.8, 4) is 5.75 Å². The first-order chi connectivity index (χ1) is 20.0. The predicted octanol–water partition coefficient (Wildman–Crippen LogP) is 3.62. The molecule has 0 spiro atoms. The Bertz CT molecular complexity index is 1520. The lowest BCUT2D eigenvalue weighted by Gasteiger charge is -2.27. The van der Waals surface area contributed by atoms with Gasteiger partial charge < -0.3 is 25.2 Å². The highest BCUT2D eigenvalue weighted by molar-refractivity contribution is 6.21. The lowest BCUT2D eigenvalue weighted by Crippen LogP contribution is -2.50. The number of para-hydroxylation sites is 1. The standard InChI is InChI=1S/C29H28F3N5O5/c1-16-20(15-42-36-16)22(25(33)38)18(11-12-29(30,31)32)27(39)35-26-28(40)37-13-6-14-41-21-10-5-9-19(24(21)37)23(34-26)17-7-3-2-4-8-17/h2-5,7-10,15,18,22,26H,6,11-14H2,1H3,(H2,33,38)(H,35,39). The van der Waals surface area contributed by atoms with Gasteiger partial charge in [-0.3, -0.25) is 14.4 Å². The number of ether oxygens (including phenoxy) is 1. The van der Waals surface area contributed by atoms with Crippen LogP contribution in [0.1, 0.15) is 47.6 Å². The number of carbonyl (C=O) groups is 3. The number of halogens is 3. The summed E-state index contributed by atoms with van der Waals surface area (Å²) in [6.07, 6.45) is -6.70. The van der Waals surface area contributed by atoms with Gasteiger partial charge in [0.15, 0.2) is 0 Å². The molecule has 3 heterocycles. The van der Waals surface area contributed by atoms with Crippen LogP contribution in [0.25, 0.3) is 0 Å². The number of rotatable bonds is 8. The Morgan fingerprint density at radius 3 is 2.60 bits per heavy atom. The lowest BCUT2D eigenvalue weighted by molar-refractivity contribution is -0.144. The Kier molecular flexibility index (Phi) is 8.01. The number of carbonyl (C=O) groups excluding carboxylic acids is 3. The fourth-order valence-corrected chi connectivity index (χ4v) is 5.34. The van der Waals surface area contributed by atoms with Crippen molar-refractivity contribution in [1.82, 2.24) is 10.5 Å². The monoisotopic (exact) mass is 583 g/mol. The van der Waals surface area contributed by atoms with Crippen molar-refractivity contribution in [3.63, 3.8) is 0 Å². The van der Waals surface area contributed by atoms with Gasteiger partial charge in [-0.1, -0.05) is 47.6 Å². The van der Waals surface area contributed by atoms with Gasteiger partial charge >= 0.3 is 6.18 Å². The zero-order valence-corrected chi connectivity index (χ0v) is 22.6. The minimum Gasteiger partial charge on any atom is -0.491 e. The molecule has 3 N–H and O–H groups in total. The summed E-state index contributed by atoms with van der Waals surface area (Å²) in [4.78, 5) is 46.5. The highest BCUT2D eigenvalue weighted by atomic mass is 19.4. The van der Waals surface area contributed by atoms with Crippen LogP contribution >= 0.6 is 0 Å². The highest BCUT2D eigenvalue weighted by Crippen LogP contribution is 2.39. The van der Waals surface area contributed by atoms with E-state index in [1.807, 2.05) is 6.07 Å². The third-order valence-electron chi connectivity index (χ3n) is 7.30. The van der Waals surface area contributed by atoms with Crippen LogP contribution in [0.2, 0.25) is 0 Å². The van der Waals surface area contributed by atoms with Crippen molar-refractivity contribution in [2.24, 2.45) is 16.6 Å². The number of aromatic nitrogens is 1. The number of nitrogens with one attached hydrogen (secondary N) is 1. The van der Waals surface area contributed by atoms with E-state index in [0.717, 1.165) is 6.26 Å². The summed E-state index contributed by atoms with van der Waals surface area (Å²) in [5, 5.41) is 6.23. The van der Waals surface area contributed by atoms with Crippen LogP contribution in [0.3, 0.4) is 0 Å². The molecular weight excluding hydrogens is 555 g/mol. The van der Waals surface area contributed by atoms with Crippen molar-refractivity contribution in [1.29, 1.82) is 0 Å². The van der Waals surface area contributed by atoms with Crippen molar-refractivity contribution in [3.05, 3.63) is 77.2 Å². The zero-order chi connectivity index (χ0) is 30.0. The molecule has 0 fully saturated rings. The molecule has 2 aromatic carbocycles. The summed E-state index contributed by atoms with van der Waals surface area (Å²) < 4.78 is 50.8. The van der Waals surface area contributed by atoms with Crippen molar-refractivity contribution in [2.45, 2.75) is 44.4 Å². The van der Waals surface area contributed by atoms with Gasteiger partial charge in [-0.25, -0.2) is 4.99 Å². The number of anilines is 1. The number of aliphatic imine (C=N–C) groups is 1. The van der Waals surface area contributed by atoms with Crippen molar-refractivity contribution < 1.29 is 36.8 Å². The van der Waals surface area contributed by atoms with Gasteiger partial charge in [0, 0.05) is 29.7 Å². The number of amides is 3. The Morgan fingerprint density at radius 1 is 1.17 bits per heavy atom. The molecule has 0 aliphatic carbocycles. The summed E-state index contributed by atoms with van der Waals surface area (Å²) in [6.45, 7) is 2.09. The summed E-state index contributed by atoms with van der Waals surface area (Å²) in [5.74, 6) is -5.25. The number of nitrogens with zero attached hydrogens (tertiary/aromatic N) is 3. The molecule has 1 aromatic heterocycles. The van der Waals surface area contributed by atoms with Crippen LogP contribution < -0.4 is 20.7 Å². The molecule has 0 saturated carbocycles. The summed E-state index contributed by atoms with van der Waals surface area (Å²) in [6, 6.07) is 14.3. The second-order valence-corrected chi connectivity index (χ2v) is 10.1. The molecule has 10 nitrogen and oxygen atoms in total. The fraction of sp³-hybridized carbons (Fsp3) is 0.345. The maximum absolute atomic E-state index is 14.0. The summed E-state index contributed by atoms with van der Waals surface area (Å²) in [5.41, 5.74) is 8.01. The van der Waals surface area contributed by atoms with Crippen LogP contribution in [-0.2, 0) is 14.4 Å². The Morgan fingerprint density at radius 2 is 1.93 bits per heavy atom. The zero-order valence-electron chi connectivity index (χ0n) is 22.6. The highest BCUT2D eigenvalue weighted by Gasteiger charge is 2.42. The molecule has 0 saturated heterocycles. The Hall–Kier alpha value is -4.68. The Balaban J connectivity index is 1.58. The first-order valence-corrected chi connectivity index (χ1v) is 13.3. The van der Waals surface area contributed by atoms with Crippen LogP contribution in [-0.4, -0.2) is 54.1 Å². The molecule has 3 unspecified atom stereocenters. The van der Waals surface area contributed by atoms with E-state index in [4.69, 9.17) is 15.0 Å². The van der Waals surface area contributed by atoms with Gasteiger partial charge in [0.1, 0.15) is 12.0 Å². The minimum absolute atomic E-state index is 0.0900. The third kappa shape index (κ3) is 5.85. The summed E-state index contributed by atoms with van der Waals surface area (Å²) >= 11 is 0. The van der Waals surface area contributed by atoms with Crippen molar-refractivity contribution in [2.75, 3.05) is 18.1 Å². The third-order valence-corrected chi connectivity index (χ3v) is 7.30. The van der Waals surface area contributed by atoms with Crippen LogP contribution in [0.5, 0.6) is 5.75 Å². The van der Waals surface area contributed by atoms with Gasteiger partial charge in [-0.2, -0.15) is 13.2 Å². The van der Waals surface area contributed by atoms with E-state index in [2.05, 4.69) is 15.5 Å². The van der Waals surface area contributed by atoms with E-state index in [1.165, 1.54) is 11.8 Å². The fourth-order valence-electron chi connectivity index (χ4n) is 5.34. The molecule has 2 aliphatic heterocycles. The number of hydrogen-bond acceptors (Lipinski definition) is 7. The molecule has 2 aliphatic rings. The van der Waals surface area contributed by atoms with E-state index >= 15 is 0 Å². The molecule has 3 atom stereocenters.